The van der Waals surface area contributed by atoms with Crippen molar-refractivity contribution >= 4 is 33.2 Å². The number of hydrogen-bond acceptors (Lipinski definition) is 3. The Morgan fingerprint density at radius 1 is 1.65 bits per heavy atom. The summed E-state index contributed by atoms with van der Waals surface area (Å²) in [6, 6.07) is 1.81. The normalized spacial score (nSPS) is 24.8. The number of piperidine rings is 1. The largest absolute Gasteiger partial charge is 0.496 e. The first-order valence-electron chi connectivity index (χ1n) is 5.67. The Bertz CT molecular complexity index is 407. The second kappa shape index (κ2) is 5.40. The molecule has 0 aliphatic carbocycles. The maximum Gasteiger partial charge on any atom is 0.264 e. The molecule has 1 fully saturated rings. The van der Waals surface area contributed by atoms with Gasteiger partial charge in [-0.15, -0.1) is 11.3 Å². The molecule has 0 N–H and O–H groups in total. The summed E-state index contributed by atoms with van der Waals surface area (Å²) < 4.78 is 5.10. The van der Waals surface area contributed by atoms with Crippen LogP contribution in [0.1, 0.15) is 23.0 Å². The highest BCUT2D eigenvalue weighted by atomic mass is 79.9. The van der Waals surface area contributed by atoms with E-state index in [0.29, 0.717) is 10.7 Å². The lowest BCUT2D eigenvalue weighted by Gasteiger charge is -2.33. The third-order valence-electron chi connectivity index (χ3n) is 3.18. The summed E-state index contributed by atoms with van der Waals surface area (Å²) in [6.07, 6.45) is 1.06. The smallest absolute Gasteiger partial charge is 0.264 e. The minimum Gasteiger partial charge on any atom is -0.496 e. The molecule has 0 spiro atoms. The van der Waals surface area contributed by atoms with Crippen LogP contribution in [0.5, 0.6) is 5.75 Å². The average molecular weight is 318 g/mol. The van der Waals surface area contributed by atoms with Crippen molar-refractivity contribution in [2.45, 2.75) is 18.2 Å². The predicted molar refractivity (Wildman–Crippen MR) is 73.3 cm³/mol. The molecule has 1 aromatic rings. The molecule has 2 atom stereocenters. The highest BCUT2D eigenvalue weighted by Gasteiger charge is 2.28. The standard InChI is InChI=1S/C12H16BrNO2S/c1-8-3-4-14(6-10(8)13)12(15)11-5-9(16-2)7-17-11/h5,7-8,10H,3-4,6H2,1-2H3. The van der Waals surface area contributed by atoms with Gasteiger partial charge in [-0.25, -0.2) is 0 Å². The zero-order valence-corrected chi connectivity index (χ0v) is 12.4. The van der Waals surface area contributed by atoms with Crippen molar-refractivity contribution in [1.82, 2.24) is 4.90 Å². The van der Waals surface area contributed by atoms with E-state index in [0.717, 1.165) is 30.1 Å². The Kier molecular flexibility index (Phi) is 4.09. The van der Waals surface area contributed by atoms with Crippen LogP contribution in [0.2, 0.25) is 0 Å². The van der Waals surface area contributed by atoms with E-state index in [4.69, 9.17) is 4.74 Å². The molecule has 2 unspecified atom stereocenters. The molecule has 1 aromatic heterocycles. The minimum absolute atomic E-state index is 0.120. The van der Waals surface area contributed by atoms with Gasteiger partial charge in [0.1, 0.15) is 5.75 Å². The predicted octanol–water partition coefficient (Wildman–Crippen LogP) is 3.00. The van der Waals surface area contributed by atoms with Crippen molar-refractivity contribution in [2.24, 2.45) is 5.92 Å². The van der Waals surface area contributed by atoms with E-state index >= 15 is 0 Å². The van der Waals surface area contributed by atoms with Crippen LogP contribution in [0, 0.1) is 5.92 Å². The first-order valence-corrected chi connectivity index (χ1v) is 7.47. The molecule has 2 heterocycles. The number of halogens is 1. The minimum atomic E-state index is 0.120. The second-order valence-corrected chi connectivity index (χ2v) is 6.47. The molecule has 0 aromatic carbocycles. The van der Waals surface area contributed by atoms with Crippen molar-refractivity contribution in [3.8, 4) is 5.75 Å². The summed E-state index contributed by atoms with van der Waals surface area (Å²) >= 11 is 5.09. The SMILES string of the molecule is COc1csc(C(=O)N2CCC(C)C(Br)C2)c1. The number of thiophene rings is 1. The number of ether oxygens (including phenoxy) is 1. The maximum absolute atomic E-state index is 12.2. The Morgan fingerprint density at radius 2 is 2.41 bits per heavy atom. The first-order chi connectivity index (χ1) is 8.11. The Labute approximate surface area is 114 Å². The van der Waals surface area contributed by atoms with Crippen molar-refractivity contribution in [3.05, 3.63) is 16.3 Å². The van der Waals surface area contributed by atoms with Gasteiger partial charge in [-0.2, -0.15) is 0 Å². The fourth-order valence-electron chi connectivity index (χ4n) is 1.90. The summed E-state index contributed by atoms with van der Waals surface area (Å²) in [5.74, 6) is 1.52. The molecule has 1 aliphatic rings. The lowest BCUT2D eigenvalue weighted by atomic mass is 9.99. The number of methoxy groups -OCH3 is 1. The van der Waals surface area contributed by atoms with E-state index in [-0.39, 0.29) is 5.91 Å². The zero-order valence-electron chi connectivity index (χ0n) is 9.98. The molecule has 0 radical (unpaired) electrons. The Morgan fingerprint density at radius 3 is 3.00 bits per heavy atom. The zero-order chi connectivity index (χ0) is 12.4. The van der Waals surface area contributed by atoms with Crippen LogP contribution in [0.3, 0.4) is 0 Å². The number of hydrogen-bond donors (Lipinski definition) is 0. The molecule has 94 valence electrons. The van der Waals surface area contributed by atoms with E-state index in [2.05, 4.69) is 22.9 Å². The van der Waals surface area contributed by atoms with E-state index in [1.54, 1.807) is 7.11 Å². The van der Waals surface area contributed by atoms with E-state index in [1.165, 1.54) is 11.3 Å². The first kappa shape index (κ1) is 12.9. The number of carbonyl (C=O) groups is 1. The van der Waals surface area contributed by atoms with Gasteiger partial charge in [-0.05, 0) is 12.3 Å². The van der Waals surface area contributed by atoms with E-state index in [9.17, 15) is 4.79 Å². The Balaban J connectivity index is 2.05. The van der Waals surface area contributed by atoms with Crippen molar-refractivity contribution in [2.75, 3.05) is 20.2 Å². The van der Waals surface area contributed by atoms with E-state index < -0.39 is 0 Å². The molecule has 0 bridgehead atoms. The van der Waals surface area contributed by atoms with Crippen LogP contribution in [-0.2, 0) is 0 Å². The second-order valence-electron chi connectivity index (χ2n) is 4.38. The van der Waals surface area contributed by atoms with Gasteiger partial charge in [-0.3, -0.25) is 4.79 Å². The van der Waals surface area contributed by atoms with Crippen LogP contribution < -0.4 is 4.74 Å². The molecule has 5 heteroatoms. The van der Waals surface area contributed by atoms with Crippen molar-refractivity contribution < 1.29 is 9.53 Å². The van der Waals surface area contributed by atoms with Gasteiger partial charge in [0, 0.05) is 29.4 Å². The Hall–Kier alpha value is -0.550. The van der Waals surface area contributed by atoms with Gasteiger partial charge in [0.05, 0.1) is 12.0 Å². The highest BCUT2D eigenvalue weighted by molar-refractivity contribution is 9.09. The number of likely N-dealkylation sites (tertiary alicyclic amines) is 1. The van der Waals surface area contributed by atoms with Crippen LogP contribution in [0.4, 0.5) is 0 Å². The van der Waals surface area contributed by atoms with Crippen molar-refractivity contribution in [1.29, 1.82) is 0 Å². The van der Waals surface area contributed by atoms with Gasteiger partial charge in [0.2, 0.25) is 0 Å². The van der Waals surface area contributed by atoms with Gasteiger partial charge in [0.25, 0.3) is 5.91 Å². The van der Waals surface area contributed by atoms with Gasteiger partial charge in [0.15, 0.2) is 0 Å². The molecule has 2 rings (SSSR count). The monoisotopic (exact) mass is 317 g/mol. The molecule has 1 amide bonds. The van der Waals surface area contributed by atoms with E-state index in [1.807, 2.05) is 16.3 Å². The number of amides is 1. The number of nitrogens with zero attached hydrogens (tertiary/aromatic N) is 1. The quantitative estimate of drug-likeness (QED) is 0.785. The van der Waals surface area contributed by atoms with Gasteiger partial charge < -0.3 is 9.64 Å². The third-order valence-corrected chi connectivity index (χ3v) is 5.26. The average Bonchev–Trinajstić information content (AvgIpc) is 2.80. The van der Waals surface area contributed by atoms with Gasteiger partial charge >= 0.3 is 0 Å². The number of alkyl halides is 1. The molecule has 0 saturated carbocycles. The fraction of sp³-hybridized carbons (Fsp3) is 0.583. The maximum atomic E-state index is 12.2. The van der Waals surface area contributed by atoms with Crippen LogP contribution in [-0.4, -0.2) is 35.8 Å². The summed E-state index contributed by atoms with van der Waals surface area (Å²) in [5, 5.41) is 1.87. The third kappa shape index (κ3) is 2.83. The van der Waals surface area contributed by atoms with Gasteiger partial charge in [-0.1, -0.05) is 22.9 Å². The summed E-state index contributed by atoms with van der Waals surface area (Å²) in [4.78, 5) is 15.3. The lowest BCUT2D eigenvalue weighted by molar-refractivity contribution is 0.0710. The van der Waals surface area contributed by atoms with Crippen LogP contribution in [0.15, 0.2) is 11.4 Å². The highest BCUT2D eigenvalue weighted by Crippen LogP contribution is 2.27. The van der Waals surface area contributed by atoms with Crippen molar-refractivity contribution in [3.63, 3.8) is 0 Å². The molecule has 1 aliphatic heterocycles. The topological polar surface area (TPSA) is 29.5 Å². The molecular formula is C12H16BrNO2S. The molecule has 3 nitrogen and oxygen atoms in total. The summed E-state index contributed by atoms with van der Waals surface area (Å²) in [6.45, 7) is 3.86. The lowest BCUT2D eigenvalue weighted by Crippen LogP contribution is -2.43. The molecule has 17 heavy (non-hydrogen) atoms. The summed E-state index contributed by atoms with van der Waals surface area (Å²) in [5.41, 5.74) is 0. The fourth-order valence-corrected chi connectivity index (χ4v) is 3.34. The van der Waals surface area contributed by atoms with Crippen LogP contribution in [0.25, 0.3) is 0 Å². The molecule has 1 saturated heterocycles. The van der Waals surface area contributed by atoms with Crippen LogP contribution >= 0.6 is 27.3 Å². The molecular weight excluding hydrogens is 302 g/mol. The number of rotatable bonds is 2. The number of carbonyl (C=O) groups excluding carboxylic acids is 1. The summed E-state index contributed by atoms with van der Waals surface area (Å²) in [7, 11) is 1.62.